The van der Waals surface area contributed by atoms with Gasteiger partial charge >= 0.3 is 6.03 Å². The van der Waals surface area contributed by atoms with Crippen molar-refractivity contribution < 1.29 is 24.0 Å². The van der Waals surface area contributed by atoms with E-state index in [1.165, 1.54) is 0 Å². The number of imide groups is 1. The van der Waals surface area contributed by atoms with Crippen LogP contribution in [-0.2, 0) is 32.0 Å². The molecule has 16 heteroatoms. The Balaban J connectivity index is 1.30. The second kappa shape index (κ2) is 21.8. The SMILES string of the molecule is CSCC[C@H](N)C(=O)N(C(=O)CCCCCNC(=O)CCCC[C@@H]1SC[C@@H]2NC(=O)N[C@@H]21)[C@@H](Cc1ccccc1)C(=O)NC(S)(S)Cc1ccccn1. The molecule has 0 saturated carbocycles. The van der Waals surface area contributed by atoms with E-state index in [9.17, 15) is 24.0 Å². The van der Waals surface area contributed by atoms with Gasteiger partial charge in [-0.05, 0) is 61.8 Å². The minimum absolute atomic E-state index is 0.00729. The molecule has 2 aliphatic rings. The summed E-state index contributed by atoms with van der Waals surface area (Å²) in [5.41, 5.74) is 7.77. The molecule has 53 heavy (non-hydrogen) atoms. The number of unbranched alkanes of at least 4 members (excludes halogenated alkanes) is 3. The van der Waals surface area contributed by atoms with Crippen molar-refractivity contribution in [1.29, 1.82) is 0 Å². The molecule has 290 valence electrons. The monoisotopic (exact) mass is 803 g/mol. The molecule has 2 aromatic rings. The maximum absolute atomic E-state index is 14.1. The largest absolute Gasteiger partial charge is 0.356 e. The Bertz CT molecular complexity index is 1510. The number of hydrogen-bond acceptors (Lipinski definition) is 11. The molecule has 0 bridgehead atoms. The highest BCUT2D eigenvalue weighted by Crippen LogP contribution is 2.33. The van der Waals surface area contributed by atoms with Gasteiger partial charge in [0, 0.05) is 55.1 Å². The molecule has 1 aromatic heterocycles. The van der Waals surface area contributed by atoms with E-state index in [0.717, 1.165) is 35.5 Å². The third-order valence-electron chi connectivity index (χ3n) is 9.29. The number of aromatic nitrogens is 1. The van der Waals surface area contributed by atoms with Crippen LogP contribution < -0.4 is 27.0 Å². The van der Waals surface area contributed by atoms with Crippen LogP contribution in [0.5, 0.6) is 0 Å². The van der Waals surface area contributed by atoms with Crippen LogP contribution in [0.2, 0.25) is 0 Å². The quantitative estimate of drug-likeness (QED) is 0.0405. The fourth-order valence-corrected chi connectivity index (χ4v) is 9.08. The molecule has 3 heterocycles. The number of amides is 6. The number of thioether (sulfide) groups is 2. The van der Waals surface area contributed by atoms with Crippen molar-refractivity contribution in [3.8, 4) is 0 Å². The summed E-state index contributed by atoms with van der Waals surface area (Å²) in [4.78, 5) is 71.3. The summed E-state index contributed by atoms with van der Waals surface area (Å²) >= 11 is 12.6. The highest BCUT2D eigenvalue weighted by molar-refractivity contribution is 8.00. The molecule has 6 N–H and O–H groups in total. The number of nitrogens with zero attached hydrogens (tertiary/aromatic N) is 2. The maximum atomic E-state index is 14.1. The number of nitrogens with one attached hydrogen (secondary N) is 4. The number of urea groups is 1. The second-order valence-electron chi connectivity index (χ2n) is 13.5. The molecule has 2 fully saturated rings. The van der Waals surface area contributed by atoms with Crippen LogP contribution in [0, 0.1) is 0 Å². The number of hydrogen-bond donors (Lipinski definition) is 7. The number of carbonyl (C=O) groups is 5. The summed E-state index contributed by atoms with van der Waals surface area (Å²) in [6.45, 7) is 0.483. The Morgan fingerprint density at radius 2 is 1.79 bits per heavy atom. The molecule has 0 aliphatic carbocycles. The van der Waals surface area contributed by atoms with Gasteiger partial charge in [-0.1, -0.05) is 49.2 Å². The Labute approximate surface area is 332 Å². The van der Waals surface area contributed by atoms with Crippen molar-refractivity contribution in [3.05, 3.63) is 66.0 Å². The van der Waals surface area contributed by atoms with Gasteiger partial charge < -0.3 is 27.0 Å². The van der Waals surface area contributed by atoms with E-state index < -0.39 is 34.0 Å². The van der Waals surface area contributed by atoms with Gasteiger partial charge in [0.15, 0.2) is 0 Å². The number of fused-ring (bicyclic) bond motifs is 1. The number of nitrogens with two attached hydrogens (primary N) is 1. The van der Waals surface area contributed by atoms with Crippen LogP contribution in [0.25, 0.3) is 0 Å². The second-order valence-corrected chi connectivity index (χ2v) is 17.7. The summed E-state index contributed by atoms with van der Waals surface area (Å²) in [5, 5.41) is 12.1. The van der Waals surface area contributed by atoms with Crippen LogP contribution in [0.15, 0.2) is 54.7 Å². The lowest BCUT2D eigenvalue weighted by molar-refractivity contribution is -0.153. The Morgan fingerprint density at radius 3 is 2.53 bits per heavy atom. The third kappa shape index (κ3) is 14.0. The van der Waals surface area contributed by atoms with E-state index >= 15 is 0 Å². The first-order valence-corrected chi connectivity index (χ1v) is 21.6. The predicted octanol–water partition coefficient (Wildman–Crippen LogP) is 3.70. The zero-order valence-electron chi connectivity index (χ0n) is 30.2. The third-order valence-corrected chi connectivity index (χ3v) is 12.0. The molecule has 5 atom stereocenters. The van der Waals surface area contributed by atoms with Crippen LogP contribution >= 0.6 is 48.8 Å². The van der Waals surface area contributed by atoms with Crippen molar-refractivity contribution in [2.75, 3.05) is 24.3 Å². The first kappa shape index (κ1) is 42.8. The van der Waals surface area contributed by atoms with E-state index in [0.29, 0.717) is 55.3 Å². The van der Waals surface area contributed by atoms with Crippen LogP contribution in [0.4, 0.5) is 4.79 Å². The molecule has 2 aliphatic heterocycles. The highest BCUT2D eigenvalue weighted by Gasteiger charge is 2.42. The minimum Gasteiger partial charge on any atom is -0.356 e. The van der Waals surface area contributed by atoms with Crippen molar-refractivity contribution in [2.24, 2.45) is 5.73 Å². The van der Waals surface area contributed by atoms with Crippen LogP contribution in [0.1, 0.15) is 69.0 Å². The lowest BCUT2D eigenvalue weighted by atomic mass is 10.0. The Kier molecular flexibility index (Phi) is 17.6. The summed E-state index contributed by atoms with van der Waals surface area (Å²) in [5.74, 6) is -0.129. The lowest BCUT2D eigenvalue weighted by Crippen LogP contribution is -2.59. The first-order valence-electron chi connectivity index (χ1n) is 18.2. The molecule has 0 radical (unpaired) electrons. The van der Waals surface area contributed by atoms with Crippen LogP contribution in [0.3, 0.4) is 0 Å². The Morgan fingerprint density at radius 1 is 1.04 bits per heavy atom. The minimum atomic E-state index is -1.32. The molecular formula is C37H53N7O5S4. The molecule has 12 nitrogen and oxygen atoms in total. The standard InChI is InChI=1S/C37H53N7O5S4/c1-52-21-18-27(38)35(48)44(29(22-25-12-4-2-5-13-25)34(47)43-37(50,51)23-26-14-9-11-19-39-26)32(46)17-6-3-10-20-40-31(45)16-8-7-15-30-33-28(24-53-30)41-36(49)42-33/h2,4-5,9,11-14,19,27-30,33,50-51H,3,6-8,10,15-18,20-24,38H2,1H3,(H,40,45)(H,43,47)(H2,41,42,49)/t27-,28-,29-,30-,33-/m0/s1. The summed E-state index contributed by atoms with van der Waals surface area (Å²) in [6, 6.07) is 12.7. The van der Waals surface area contributed by atoms with Gasteiger partial charge in [0.05, 0.1) is 18.1 Å². The number of carbonyl (C=O) groups excluding carboxylic acids is 5. The topological polar surface area (TPSA) is 176 Å². The fourth-order valence-electron chi connectivity index (χ4n) is 6.50. The van der Waals surface area contributed by atoms with Crippen LogP contribution in [-0.4, -0.2) is 97.5 Å². The van der Waals surface area contributed by atoms with Crippen molar-refractivity contribution >= 4 is 78.4 Å². The number of rotatable bonds is 22. The molecule has 0 unspecified atom stereocenters. The number of pyridine rings is 1. The molecular weight excluding hydrogens is 751 g/mol. The van der Waals surface area contributed by atoms with Gasteiger partial charge in [0.2, 0.25) is 23.6 Å². The average Bonchev–Trinajstić information content (AvgIpc) is 3.69. The zero-order valence-corrected chi connectivity index (χ0v) is 33.6. The van der Waals surface area contributed by atoms with Gasteiger partial charge in [-0.15, -0.1) is 25.3 Å². The van der Waals surface area contributed by atoms with E-state index in [1.807, 2.05) is 54.4 Å². The van der Waals surface area contributed by atoms with Crippen molar-refractivity contribution in [1.82, 2.24) is 31.2 Å². The predicted molar refractivity (Wildman–Crippen MR) is 219 cm³/mol. The summed E-state index contributed by atoms with van der Waals surface area (Å²) in [6.07, 6.45) is 9.07. The van der Waals surface area contributed by atoms with Gasteiger partial charge in [-0.2, -0.15) is 23.5 Å². The molecule has 1 aromatic carbocycles. The first-order chi connectivity index (χ1) is 25.5. The number of thiol groups is 2. The van der Waals surface area contributed by atoms with Gasteiger partial charge in [-0.3, -0.25) is 29.1 Å². The van der Waals surface area contributed by atoms with Crippen molar-refractivity contribution in [3.63, 3.8) is 0 Å². The normalized spacial score (nSPS) is 19.0. The highest BCUT2D eigenvalue weighted by atomic mass is 32.2. The zero-order chi connectivity index (χ0) is 38.2. The molecule has 0 spiro atoms. The van der Waals surface area contributed by atoms with Gasteiger partial charge in [0.1, 0.15) is 10.2 Å². The summed E-state index contributed by atoms with van der Waals surface area (Å²) in [7, 11) is 0. The molecule has 6 amide bonds. The fraction of sp³-hybridized carbons (Fsp3) is 0.568. The molecule has 2 saturated heterocycles. The van der Waals surface area contributed by atoms with E-state index in [2.05, 4.69) is 51.5 Å². The van der Waals surface area contributed by atoms with Gasteiger partial charge in [-0.25, -0.2) is 4.79 Å². The smallest absolute Gasteiger partial charge is 0.315 e. The van der Waals surface area contributed by atoms with E-state index in [-0.39, 0.29) is 43.3 Å². The van der Waals surface area contributed by atoms with Crippen molar-refractivity contribution in [2.45, 2.75) is 104 Å². The van der Waals surface area contributed by atoms with Gasteiger partial charge in [0.25, 0.3) is 0 Å². The number of benzene rings is 1. The summed E-state index contributed by atoms with van der Waals surface area (Å²) < 4.78 is -1.32. The van der Waals surface area contributed by atoms with E-state index in [1.54, 1.807) is 30.1 Å². The Hall–Kier alpha value is -2.92. The average molecular weight is 804 g/mol. The maximum Gasteiger partial charge on any atom is 0.315 e. The lowest BCUT2D eigenvalue weighted by Gasteiger charge is -2.34. The van der Waals surface area contributed by atoms with E-state index in [4.69, 9.17) is 5.73 Å². The molecule has 4 rings (SSSR count).